The highest BCUT2D eigenvalue weighted by molar-refractivity contribution is 5.99. The first kappa shape index (κ1) is 16.1. The number of aliphatic hydroxyl groups excluding tert-OH is 1. The number of anilines is 1. The molecule has 0 fully saturated rings. The lowest BCUT2D eigenvalue weighted by Gasteiger charge is -2.30. The summed E-state index contributed by atoms with van der Waals surface area (Å²) >= 11 is 0. The molecule has 2 aromatic rings. The Balaban J connectivity index is 2.32. The first-order valence-corrected chi connectivity index (χ1v) is 7.42. The van der Waals surface area contributed by atoms with Gasteiger partial charge in [-0.2, -0.15) is 0 Å². The van der Waals surface area contributed by atoms with Crippen molar-refractivity contribution in [3.63, 3.8) is 0 Å². The van der Waals surface area contributed by atoms with Gasteiger partial charge < -0.3 is 19.7 Å². The van der Waals surface area contributed by atoms with Gasteiger partial charge in [0.15, 0.2) is 0 Å². The van der Waals surface area contributed by atoms with Crippen molar-refractivity contribution in [2.24, 2.45) is 0 Å². The van der Waals surface area contributed by atoms with Crippen molar-refractivity contribution in [2.45, 2.75) is 25.9 Å². The zero-order valence-electron chi connectivity index (χ0n) is 13.0. The molecule has 0 saturated carbocycles. The second-order valence-corrected chi connectivity index (χ2v) is 5.05. The summed E-state index contributed by atoms with van der Waals surface area (Å²) in [5.41, 5.74) is 1.35. The number of carbonyl (C=O) groups excluding carboxylic acids is 1. The van der Waals surface area contributed by atoms with E-state index in [4.69, 9.17) is 4.42 Å². The number of hydrogen-bond acceptors (Lipinski definition) is 4. The third kappa shape index (κ3) is 3.49. The number of rotatable bonds is 7. The topological polar surface area (TPSA) is 65.7 Å². The summed E-state index contributed by atoms with van der Waals surface area (Å²) in [5, 5.41) is 12.6. The van der Waals surface area contributed by atoms with Gasteiger partial charge >= 0.3 is 0 Å². The highest BCUT2D eigenvalue weighted by Crippen LogP contribution is 2.21. The van der Waals surface area contributed by atoms with E-state index in [1.165, 1.54) is 0 Å². The van der Waals surface area contributed by atoms with E-state index >= 15 is 0 Å². The number of benzene rings is 1. The molecule has 5 nitrogen and oxygen atoms in total. The van der Waals surface area contributed by atoms with E-state index in [0.29, 0.717) is 24.3 Å². The van der Waals surface area contributed by atoms with Crippen molar-refractivity contribution in [3.05, 3.63) is 54.0 Å². The lowest BCUT2D eigenvalue weighted by molar-refractivity contribution is 0.0546. The Morgan fingerprint density at radius 2 is 2.09 bits per heavy atom. The van der Waals surface area contributed by atoms with Gasteiger partial charge in [-0.05, 0) is 30.7 Å². The monoisotopic (exact) mass is 302 g/mol. The van der Waals surface area contributed by atoms with Crippen molar-refractivity contribution >= 4 is 11.6 Å². The molecule has 1 amide bonds. The Hall–Kier alpha value is -2.27. The van der Waals surface area contributed by atoms with E-state index in [9.17, 15) is 9.90 Å². The van der Waals surface area contributed by atoms with Gasteiger partial charge in [0.1, 0.15) is 5.76 Å². The Morgan fingerprint density at radius 3 is 2.68 bits per heavy atom. The van der Waals surface area contributed by atoms with Crippen LogP contribution in [-0.2, 0) is 6.54 Å². The summed E-state index contributed by atoms with van der Waals surface area (Å²) < 4.78 is 5.35. The quantitative estimate of drug-likeness (QED) is 0.825. The van der Waals surface area contributed by atoms with E-state index < -0.39 is 0 Å². The molecule has 2 rings (SSSR count). The van der Waals surface area contributed by atoms with Gasteiger partial charge in [0.25, 0.3) is 5.91 Å². The minimum atomic E-state index is -0.248. The molecule has 118 valence electrons. The van der Waals surface area contributed by atoms with Crippen LogP contribution >= 0.6 is 0 Å². The van der Waals surface area contributed by atoms with Gasteiger partial charge in [-0.3, -0.25) is 4.79 Å². The fraction of sp³-hybridized carbons (Fsp3) is 0.353. The molecule has 0 spiro atoms. The van der Waals surface area contributed by atoms with Crippen LogP contribution in [0.1, 0.15) is 29.5 Å². The van der Waals surface area contributed by atoms with Crippen molar-refractivity contribution in [1.29, 1.82) is 0 Å². The molecule has 0 aliphatic heterocycles. The second-order valence-electron chi connectivity index (χ2n) is 5.05. The number of hydrogen-bond donors (Lipinski definition) is 2. The zero-order chi connectivity index (χ0) is 15.9. The highest BCUT2D eigenvalue weighted by atomic mass is 16.3. The third-order valence-corrected chi connectivity index (χ3v) is 3.72. The number of carbonyl (C=O) groups is 1. The normalized spacial score (nSPS) is 12.0. The summed E-state index contributed by atoms with van der Waals surface area (Å²) in [7, 11) is 1.78. The summed E-state index contributed by atoms with van der Waals surface area (Å²) in [6.45, 7) is 2.21. The van der Waals surface area contributed by atoms with E-state index in [1.54, 1.807) is 30.3 Å². The van der Waals surface area contributed by atoms with Crippen LogP contribution in [-0.4, -0.2) is 35.6 Å². The third-order valence-electron chi connectivity index (χ3n) is 3.72. The largest absolute Gasteiger partial charge is 0.467 e. The van der Waals surface area contributed by atoms with E-state index in [-0.39, 0.29) is 18.6 Å². The van der Waals surface area contributed by atoms with Gasteiger partial charge in [-0.1, -0.05) is 19.1 Å². The van der Waals surface area contributed by atoms with Gasteiger partial charge in [-0.25, -0.2) is 0 Å². The predicted octanol–water partition coefficient (Wildman–Crippen LogP) is 2.73. The van der Waals surface area contributed by atoms with Crippen LogP contribution in [0.3, 0.4) is 0 Å². The van der Waals surface area contributed by atoms with Crippen LogP contribution in [0.2, 0.25) is 0 Å². The highest BCUT2D eigenvalue weighted by Gasteiger charge is 2.25. The molecular formula is C17H22N2O3. The fourth-order valence-electron chi connectivity index (χ4n) is 2.43. The van der Waals surface area contributed by atoms with E-state index in [0.717, 1.165) is 5.69 Å². The average Bonchev–Trinajstić information content (AvgIpc) is 3.07. The van der Waals surface area contributed by atoms with Gasteiger partial charge in [0.05, 0.1) is 31.0 Å². The summed E-state index contributed by atoms with van der Waals surface area (Å²) in [6.07, 6.45) is 2.25. The summed E-state index contributed by atoms with van der Waals surface area (Å²) in [4.78, 5) is 14.6. The molecular weight excluding hydrogens is 280 g/mol. The van der Waals surface area contributed by atoms with Crippen LogP contribution in [0.4, 0.5) is 5.69 Å². The number of amides is 1. The molecule has 0 aliphatic carbocycles. The molecule has 1 aromatic heterocycles. The van der Waals surface area contributed by atoms with Crippen molar-refractivity contribution in [1.82, 2.24) is 4.90 Å². The summed E-state index contributed by atoms with van der Waals surface area (Å²) in [6, 6.07) is 10.7. The number of aliphatic hydroxyl groups is 1. The fourth-order valence-corrected chi connectivity index (χ4v) is 2.43. The van der Waals surface area contributed by atoms with Crippen molar-refractivity contribution in [2.75, 3.05) is 19.0 Å². The molecule has 0 radical (unpaired) electrons. The molecule has 2 N–H and O–H groups in total. The molecule has 0 aliphatic rings. The minimum Gasteiger partial charge on any atom is -0.467 e. The van der Waals surface area contributed by atoms with E-state index in [2.05, 4.69) is 5.32 Å². The molecule has 1 atom stereocenters. The van der Waals surface area contributed by atoms with Gasteiger partial charge in [0.2, 0.25) is 0 Å². The molecule has 5 heteroatoms. The molecule has 1 aromatic carbocycles. The van der Waals surface area contributed by atoms with E-state index in [1.807, 2.05) is 31.2 Å². The Kier molecular flexibility index (Phi) is 5.61. The van der Waals surface area contributed by atoms with Gasteiger partial charge in [-0.15, -0.1) is 0 Å². The minimum absolute atomic E-state index is 0.0787. The lowest BCUT2D eigenvalue weighted by atomic mass is 10.1. The maximum Gasteiger partial charge on any atom is 0.256 e. The zero-order valence-corrected chi connectivity index (χ0v) is 13.0. The van der Waals surface area contributed by atoms with Crippen LogP contribution < -0.4 is 5.32 Å². The number of nitrogens with one attached hydrogen (secondary N) is 1. The average molecular weight is 302 g/mol. The Labute approximate surface area is 130 Å². The van der Waals surface area contributed by atoms with Crippen LogP contribution in [0.5, 0.6) is 0 Å². The smallest absolute Gasteiger partial charge is 0.256 e. The maximum atomic E-state index is 12.9. The van der Waals surface area contributed by atoms with Crippen molar-refractivity contribution in [3.8, 4) is 0 Å². The second kappa shape index (κ2) is 7.66. The van der Waals surface area contributed by atoms with Crippen LogP contribution in [0, 0.1) is 0 Å². The number of furan rings is 1. The van der Waals surface area contributed by atoms with Crippen molar-refractivity contribution < 1.29 is 14.3 Å². The lowest BCUT2D eigenvalue weighted by Crippen LogP contribution is -2.41. The van der Waals surface area contributed by atoms with Crippen LogP contribution in [0.25, 0.3) is 0 Å². The summed E-state index contributed by atoms with van der Waals surface area (Å²) in [5.74, 6) is 0.574. The van der Waals surface area contributed by atoms with Gasteiger partial charge in [0, 0.05) is 12.7 Å². The number of para-hydroxylation sites is 1. The Morgan fingerprint density at radius 1 is 1.32 bits per heavy atom. The molecule has 1 heterocycles. The maximum absolute atomic E-state index is 12.9. The first-order valence-electron chi connectivity index (χ1n) is 7.42. The standard InChI is InChI=1S/C17H22N2O3/c1-3-13(12-20)19(11-14-7-6-10-22-14)17(21)15-8-4-5-9-16(15)18-2/h4-10,13,18,20H,3,11-12H2,1-2H3/t13-/m0/s1. The SMILES string of the molecule is CC[C@@H](CO)N(Cc1ccco1)C(=O)c1ccccc1NC. The molecule has 22 heavy (non-hydrogen) atoms. The Bertz CT molecular complexity index is 592. The number of nitrogens with zero attached hydrogens (tertiary/aromatic N) is 1. The molecule has 0 bridgehead atoms. The molecule has 0 unspecified atom stereocenters. The molecule has 0 saturated heterocycles. The predicted molar refractivity (Wildman–Crippen MR) is 85.7 cm³/mol. The van der Waals surface area contributed by atoms with Crippen LogP contribution in [0.15, 0.2) is 47.1 Å². The first-order chi connectivity index (χ1) is 10.7.